The van der Waals surface area contributed by atoms with Gasteiger partial charge in [0.25, 0.3) is 0 Å². The van der Waals surface area contributed by atoms with E-state index in [4.69, 9.17) is 4.74 Å². The fraction of sp³-hybridized carbons (Fsp3) is 0.833. The van der Waals surface area contributed by atoms with Crippen molar-refractivity contribution < 1.29 is 9.84 Å². The third kappa shape index (κ3) is 2.58. The minimum Gasteiger partial charge on any atom is -0.389 e. The molecular weight excluding hydrogens is 176 g/mol. The average molecular weight is 196 g/mol. The van der Waals surface area contributed by atoms with Gasteiger partial charge < -0.3 is 9.84 Å². The number of ether oxygens (including phenoxy) is 1. The summed E-state index contributed by atoms with van der Waals surface area (Å²) in [7, 11) is 0. The molecule has 1 aliphatic heterocycles. The summed E-state index contributed by atoms with van der Waals surface area (Å²) in [5.74, 6) is 0. The van der Waals surface area contributed by atoms with Crippen LogP contribution in [0.2, 0.25) is 0 Å². The fourth-order valence-corrected chi connectivity index (χ4v) is 2.40. The van der Waals surface area contributed by atoms with Crippen molar-refractivity contribution >= 4 is 0 Å². The highest BCUT2D eigenvalue weighted by Gasteiger charge is 2.22. The summed E-state index contributed by atoms with van der Waals surface area (Å²) >= 11 is 0. The smallest absolute Gasteiger partial charge is 0.0774 e. The van der Waals surface area contributed by atoms with Crippen LogP contribution < -0.4 is 0 Å². The zero-order valence-corrected chi connectivity index (χ0v) is 8.74. The van der Waals surface area contributed by atoms with Crippen LogP contribution in [0.25, 0.3) is 0 Å². The second kappa shape index (κ2) is 4.94. The van der Waals surface area contributed by atoms with E-state index in [1.165, 1.54) is 18.4 Å². The molecule has 1 N–H and O–H groups in total. The van der Waals surface area contributed by atoms with Crippen LogP contribution in [0.4, 0.5) is 0 Å². The molecule has 80 valence electrons. The number of allylic oxidation sites excluding steroid dienone is 1. The van der Waals surface area contributed by atoms with Gasteiger partial charge in [0.05, 0.1) is 12.2 Å². The van der Waals surface area contributed by atoms with Crippen molar-refractivity contribution in [1.82, 2.24) is 0 Å². The monoisotopic (exact) mass is 196 g/mol. The van der Waals surface area contributed by atoms with Crippen molar-refractivity contribution in [2.45, 2.75) is 57.2 Å². The Morgan fingerprint density at radius 2 is 2.36 bits per heavy atom. The van der Waals surface area contributed by atoms with Gasteiger partial charge in [0.1, 0.15) is 0 Å². The fourth-order valence-electron chi connectivity index (χ4n) is 2.40. The Kier molecular flexibility index (Phi) is 3.60. The van der Waals surface area contributed by atoms with E-state index in [2.05, 4.69) is 6.08 Å². The molecule has 1 aliphatic carbocycles. The lowest BCUT2D eigenvalue weighted by Crippen LogP contribution is -2.20. The maximum Gasteiger partial charge on any atom is 0.0774 e. The lowest BCUT2D eigenvalue weighted by Gasteiger charge is -2.20. The molecular formula is C12H20O2. The Hall–Kier alpha value is -0.340. The van der Waals surface area contributed by atoms with E-state index in [1.54, 1.807) is 0 Å². The largest absolute Gasteiger partial charge is 0.389 e. The van der Waals surface area contributed by atoms with Gasteiger partial charge in [0, 0.05) is 13.0 Å². The molecule has 1 saturated heterocycles. The van der Waals surface area contributed by atoms with Gasteiger partial charge >= 0.3 is 0 Å². The summed E-state index contributed by atoms with van der Waals surface area (Å²) in [5.41, 5.74) is 1.26. The van der Waals surface area contributed by atoms with Gasteiger partial charge in [-0.2, -0.15) is 0 Å². The minimum atomic E-state index is -0.238. The predicted molar refractivity (Wildman–Crippen MR) is 56.1 cm³/mol. The van der Waals surface area contributed by atoms with Crippen molar-refractivity contribution in [2.75, 3.05) is 6.61 Å². The SMILES string of the molecule is OC(CC1CCCO1)C1=CCCCC1. The Morgan fingerprint density at radius 1 is 1.43 bits per heavy atom. The van der Waals surface area contributed by atoms with Crippen molar-refractivity contribution in [3.05, 3.63) is 11.6 Å². The summed E-state index contributed by atoms with van der Waals surface area (Å²) in [5, 5.41) is 9.99. The molecule has 1 fully saturated rings. The summed E-state index contributed by atoms with van der Waals surface area (Å²) in [4.78, 5) is 0. The first-order valence-corrected chi connectivity index (χ1v) is 5.85. The second-order valence-electron chi connectivity index (χ2n) is 4.41. The van der Waals surface area contributed by atoms with Gasteiger partial charge in [0.15, 0.2) is 0 Å². The lowest BCUT2D eigenvalue weighted by molar-refractivity contribution is 0.0643. The number of hydrogen-bond acceptors (Lipinski definition) is 2. The molecule has 0 radical (unpaired) electrons. The molecule has 2 aliphatic rings. The van der Waals surface area contributed by atoms with Crippen LogP contribution in [0.5, 0.6) is 0 Å². The zero-order chi connectivity index (χ0) is 9.80. The van der Waals surface area contributed by atoms with Gasteiger partial charge in [-0.05, 0) is 44.1 Å². The highest BCUT2D eigenvalue weighted by Crippen LogP contribution is 2.25. The maximum atomic E-state index is 9.99. The zero-order valence-electron chi connectivity index (χ0n) is 8.74. The van der Waals surface area contributed by atoms with E-state index in [0.29, 0.717) is 6.10 Å². The Morgan fingerprint density at radius 3 is 3.00 bits per heavy atom. The molecule has 0 aromatic carbocycles. The van der Waals surface area contributed by atoms with Crippen LogP contribution in [-0.2, 0) is 4.74 Å². The van der Waals surface area contributed by atoms with Crippen LogP contribution in [0.15, 0.2) is 11.6 Å². The van der Waals surface area contributed by atoms with Crippen LogP contribution >= 0.6 is 0 Å². The van der Waals surface area contributed by atoms with Gasteiger partial charge in [-0.15, -0.1) is 0 Å². The molecule has 2 unspecified atom stereocenters. The lowest BCUT2D eigenvalue weighted by atomic mass is 9.92. The summed E-state index contributed by atoms with van der Waals surface area (Å²) in [6.45, 7) is 0.885. The highest BCUT2D eigenvalue weighted by atomic mass is 16.5. The van der Waals surface area contributed by atoms with E-state index in [1.807, 2.05) is 0 Å². The molecule has 0 aromatic heterocycles. The van der Waals surface area contributed by atoms with E-state index in [-0.39, 0.29) is 6.10 Å². The van der Waals surface area contributed by atoms with Crippen LogP contribution in [-0.4, -0.2) is 23.9 Å². The third-order valence-corrected chi connectivity index (χ3v) is 3.26. The molecule has 2 heteroatoms. The standard InChI is InChI=1S/C12H20O2/c13-12(9-11-7-4-8-14-11)10-5-2-1-3-6-10/h5,11-13H,1-4,6-9H2. The first kappa shape index (κ1) is 10.2. The number of aliphatic hydroxyl groups is 1. The molecule has 0 aromatic rings. The van der Waals surface area contributed by atoms with Crippen LogP contribution in [0, 0.1) is 0 Å². The quantitative estimate of drug-likeness (QED) is 0.702. The van der Waals surface area contributed by atoms with E-state index in [9.17, 15) is 5.11 Å². The van der Waals surface area contributed by atoms with Crippen molar-refractivity contribution in [3.63, 3.8) is 0 Å². The predicted octanol–water partition coefficient (Wildman–Crippen LogP) is 2.42. The third-order valence-electron chi connectivity index (χ3n) is 3.26. The maximum absolute atomic E-state index is 9.99. The molecule has 0 bridgehead atoms. The second-order valence-corrected chi connectivity index (χ2v) is 4.41. The molecule has 2 rings (SSSR count). The number of hydrogen-bond donors (Lipinski definition) is 1. The molecule has 2 nitrogen and oxygen atoms in total. The van der Waals surface area contributed by atoms with E-state index >= 15 is 0 Å². The van der Waals surface area contributed by atoms with Crippen molar-refractivity contribution in [2.24, 2.45) is 0 Å². The van der Waals surface area contributed by atoms with Crippen LogP contribution in [0.3, 0.4) is 0 Å². The average Bonchev–Trinajstić information content (AvgIpc) is 2.72. The molecule has 14 heavy (non-hydrogen) atoms. The number of rotatable bonds is 3. The summed E-state index contributed by atoms with van der Waals surface area (Å²) in [6.07, 6.45) is 10.2. The molecule has 0 saturated carbocycles. The van der Waals surface area contributed by atoms with Gasteiger partial charge in [-0.25, -0.2) is 0 Å². The minimum absolute atomic E-state index is 0.238. The first-order chi connectivity index (χ1) is 6.86. The highest BCUT2D eigenvalue weighted by molar-refractivity contribution is 5.10. The molecule has 2 atom stereocenters. The van der Waals surface area contributed by atoms with Gasteiger partial charge in [-0.3, -0.25) is 0 Å². The Labute approximate surface area is 86.0 Å². The summed E-state index contributed by atoms with van der Waals surface area (Å²) < 4.78 is 5.53. The van der Waals surface area contributed by atoms with Crippen LogP contribution in [0.1, 0.15) is 44.9 Å². The molecule has 0 amide bonds. The summed E-state index contributed by atoms with van der Waals surface area (Å²) in [6, 6.07) is 0. The normalized spacial score (nSPS) is 30.1. The van der Waals surface area contributed by atoms with Gasteiger partial charge in [0.2, 0.25) is 0 Å². The molecule has 0 spiro atoms. The Balaban J connectivity index is 1.81. The first-order valence-electron chi connectivity index (χ1n) is 5.85. The van der Waals surface area contributed by atoms with Crippen molar-refractivity contribution in [3.8, 4) is 0 Å². The van der Waals surface area contributed by atoms with E-state index in [0.717, 1.165) is 38.7 Å². The topological polar surface area (TPSA) is 29.5 Å². The Bertz CT molecular complexity index is 204. The molecule has 1 heterocycles. The van der Waals surface area contributed by atoms with Gasteiger partial charge in [-0.1, -0.05) is 6.08 Å². The van der Waals surface area contributed by atoms with E-state index < -0.39 is 0 Å². The van der Waals surface area contributed by atoms with Crippen molar-refractivity contribution in [1.29, 1.82) is 0 Å². The number of aliphatic hydroxyl groups excluding tert-OH is 1.